The molecule has 2 N–H and O–H groups in total. The Morgan fingerprint density at radius 3 is 2.48 bits per heavy atom. The summed E-state index contributed by atoms with van der Waals surface area (Å²) < 4.78 is 15.3. The van der Waals surface area contributed by atoms with Crippen LogP contribution in [-0.4, -0.2) is 29.4 Å². The first-order valence-electron chi connectivity index (χ1n) is 7.34. The van der Waals surface area contributed by atoms with Gasteiger partial charge in [0.25, 0.3) is 0 Å². The molecule has 0 fully saturated rings. The highest BCUT2D eigenvalue weighted by atomic mass is 35.5. The molecule has 23 heavy (non-hydrogen) atoms. The summed E-state index contributed by atoms with van der Waals surface area (Å²) in [5.41, 5.74) is 1.93. The fraction of sp³-hybridized carbons (Fsp3) is 0.222. The first-order chi connectivity index (χ1) is 10.7. The third-order valence-electron chi connectivity index (χ3n) is 3.92. The summed E-state index contributed by atoms with van der Waals surface area (Å²) in [6.45, 7) is 0.453. The van der Waals surface area contributed by atoms with Gasteiger partial charge in [-0.25, -0.2) is 4.39 Å². The predicted octanol–water partition coefficient (Wildman–Crippen LogP) is 3.37. The number of halogens is 2. The predicted molar refractivity (Wildman–Crippen MR) is 93.7 cm³/mol. The molecular weight excluding hydrogens is 315 g/mol. The third-order valence-corrected chi connectivity index (χ3v) is 3.92. The number of benzene rings is 2. The topological polar surface area (TPSA) is 37.2 Å². The minimum atomic E-state index is -0.619. The highest BCUT2D eigenvalue weighted by Gasteiger charge is 2.23. The van der Waals surface area contributed by atoms with E-state index in [2.05, 4.69) is 5.32 Å². The van der Waals surface area contributed by atoms with Gasteiger partial charge in [-0.3, -0.25) is 0 Å². The van der Waals surface area contributed by atoms with Gasteiger partial charge in [0.15, 0.2) is 0 Å². The van der Waals surface area contributed by atoms with Gasteiger partial charge in [0.1, 0.15) is 5.82 Å². The van der Waals surface area contributed by atoms with Crippen molar-refractivity contribution < 1.29 is 9.50 Å². The molecule has 0 amide bonds. The molecule has 0 aliphatic heterocycles. The molecule has 0 saturated carbocycles. The highest BCUT2D eigenvalue weighted by molar-refractivity contribution is 5.85. The number of hydrogen-bond donors (Lipinski definition) is 2. The Morgan fingerprint density at radius 1 is 1.09 bits per heavy atom. The zero-order valence-electron chi connectivity index (χ0n) is 12.8. The van der Waals surface area contributed by atoms with E-state index in [9.17, 15) is 9.50 Å². The van der Waals surface area contributed by atoms with Crippen LogP contribution >= 0.6 is 12.4 Å². The van der Waals surface area contributed by atoms with Crippen LogP contribution in [0.4, 0.5) is 4.39 Å². The van der Waals surface area contributed by atoms with Crippen molar-refractivity contribution in [3.63, 3.8) is 0 Å². The largest absolute Gasteiger partial charge is 0.389 e. The summed E-state index contributed by atoms with van der Waals surface area (Å²) in [6.07, 6.45) is 1.35. The molecule has 0 unspecified atom stereocenters. The number of likely N-dealkylation sites (N-methyl/N-ethyl adjacent to an activating group) is 1. The van der Waals surface area contributed by atoms with Gasteiger partial charge in [-0.1, -0.05) is 30.3 Å². The van der Waals surface area contributed by atoms with Crippen LogP contribution < -0.4 is 5.32 Å². The third kappa shape index (κ3) is 3.55. The molecule has 3 rings (SSSR count). The summed E-state index contributed by atoms with van der Waals surface area (Å²) in [4.78, 5) is 0. The van der Waals surface area contributed by atoms with Crippen molar-refractivity contribution in [2.45, 2.75) is 12.1 Å². The van der Waals surface area contributed by atoms with Crippen LogP contribution in [0.25, 0.3) is 10.9 Å². The molecule has 1 aromatic heterocycles. The molecule has 3 aromatic rings. The van der Waals surface area contributed by atoms with Gasteiger partial charge in [0.05, 0.1) is 12.1 Å². The van der Waals surface area contributed by atoms with Crippen LogP contribution in [0, 0.1) is 5.82 Å². The molecule has 0 saturated heterocycles. The molecule has 0 radical (unpaired) electrons. The summed E-state index contributed by atoms with van der Waals surface area (Å²) in [5, 5.41) is 14.7. The van der Waals surface area contributed by atoms with Crippen LogP contribution in [0.5, 0.6) is 0 Å². The fourth-order valence-corrected chi connectivity index (χ4v) is 2.90. The van der Waals surface area contributed by atoms with Crippen LogP contribution in [0.1, 0.15) is 11.6 Å². The van der Waals surface area contributed by atoms with Crippen LogP contribution in [-0.2, 0) is 0 Å². The smallest absolute Gasteiger partial charge is 0.123 e. The number of para-hydroxylation sites is 1. The lowest BCUT2D eigenvalue weighted by atomic mass is 10.0. The molecule has 122 valence electrons. The molecule has 2 aromatic carbocycles. The van der Waals surface area contributed by atoms with Crippen molar-refractivity contribution in [2.24, 2.45) is 0 Å². The van der Waals surface area contributed by atoms with Gasteiger partial charge in [0.2, 0.25) is 0 Å². The van der Waals surface area contributed by atoms with Crippen LogP contribution in [0.3, 0.4) is 0 Å². The fourth-order valence-electron chi connectivity index (χ4n) is 2.90. The van der Waals surface area contributed by atoms with Crippen molar-refractivity contribution in [1.82, 2.24) is 9.88 Å². The van der Waals surface area contributed by atoms with E-state index < -0.39 is 6.10 Å². The summed E-state index contributed by atoms with van der Waals surface area (Å²) >= 11 is 0. The Labute approximate surface area is 141 Å². The summed E-state index contributed by atoms with van der Waals surface area (Å²) in [7, 11) is 1.80. The van der Waals surface area contributed by atoms with E-state index in [0.29, 0.717) is 6.54 Å². The molecule has 1 heterocycles. The first-order valence-corrected chi connectivity index (χ1v) is 7.34. The second kappa shape index (κ2) is 7.59. The van der Waals surface area contributed by atoms with Gasteiger partial charge >= 0.3 is 0 Å². The maximum Gasteiger partial charge on any atom is 0.123 e. The first kappa shape index (κ1) is 17.5. The number of aliphatic hydroxyl groups is 1. The number of nitrogens with one attached hydrogen (secondary N) is 1. The molecule has 0 bridgehead atoms. The molecule has 2 atom stereocenters. The zero-order chi connectivity index (χ0) is 15.5. The van der Waals surface area contributed by atoms with E-state index in [1.165, 1.54) is 12.1 Å². The quantitative estimate of drug-likeness (QED) is 0.750. The lowest BCUT2D eigenvalue weighted by Gasteiger charge is -2.26. The number of aromatic nitrogens is 1. The lowest BCUT2D eigenvalue weighted by molar-refractivity contribution is 0.132. The lowest BCUT2D eigenvalue weighted by Crippen LogP contribution is -2.33. The minimum absolute atomic E-state index is 0. The van der Waals surface area contributed by atoms with E-state index in [4.69, 9.17) is 0 Å². The Hall–Kier alpha value is -1.88. The SMILES string of the molecule is CNC[C@@H](O)[C@H](c1ccc(F)cc1)n1ccc2ccccc21.Cl. The zero-order valence-corrected chi connectivity index (χ0v) is 13.6. The highest BCUT2D eigenvalue weighted by Crippen LogP contribution is 2.28. The summed E-state index contributed by atoms with van der Waals surface area (Å²) in [6, 6.07) is 16.1. The maximum absolute atomic E-state index is 13.2. The molecule has 0 spiro atoms. The van der Waals surface area contributed by atoms with E-state index in [0.717, 1.165) is 16.5 Å². The normalized spacial score (nSPS) is 13.5. The van der Waals surface area contributed by atoms with Gasteiger partial charge in [-0.2, -0.15) is 0 Å². The number of rotatable bonds is 5. The number of hydrogen-bond acceptors (Lipinski definition) is 2. The second-order valence-corrected chi connectivity index (χ2v) is 5.40. The standard InChI is InChI=1S/C18H19FN2O.ClH/c1-20-12-17(22)18(14-6-8-15(19)9-7-14)21-11-10-13-4-2-3-5-16(13)21;/h2-11,17-18,20,22H,12H2,1H3;1H/t17-,18+;/m1./s1. The number of fused-ring (bicyclic) bond motifs is 1. The number of aliphatic hydroxyl groups excluding tert-OH is 1. The maximum atomic E-state index is 13.2. The second-order valence-electron chi connectivity index (χ2n) is 5.40. The molecule has 0 aliphatic carbocycles. The van der Waals surface area contributed by atoms with E-state index >= 15 is 0 Å². The average molecular weight is 335 g/mol. The van der Waals surface area contributed by atoms with Gasteiger partial charge in [-0.05, 0) is 42.3 Å². The Kier molecular flexibility index (Phi) is 5.77. The van der Waals surface area contributed by atoms with Crippen LogP contribution in [0.15, 0.2) is 60.8 Å². The Bertz CT molecular complexity index is 757. The minimum Gasteiger partial charge on any atom is -0.389 e. The van der Waals surface area contributed by atoms with Gasteiger partial charge in [0, 0.05) is 18.3 Å². The number of nitrogens with zero attached hydrogens (tertiary/aromatic N) is 1. The van der Waals surface area contributed by atoms with Gasteiger partial charge in [-0.15, -0.1) is 12.4 Å². The van der Waals surface area contributed by atoms with Crippen LogP contribution in [0.2, 0.25) is 0 Å². The summed E-state index contributed by atoms with van der Waals surface area (Å²) in [5.74, 6) is -0.275. The van der Waals surface area contributed by atoms with Crippen molar-refractivity contribution in [3.8, 4) is 0 Å². The average Bonchev–Trinajstić information content (AvgIpc) is 2.94. The van der Waals surface area contributed by atoms with E-state index in [-0.39, 0.29) is 24.3 Å². The molecule has 5 heteroatoms. The van der Waals surface area contributed by atoms with Crippen molar-refractivity contribution >= 4 is 23.3 Å². The molecular formula is C18H20ClFN2O. The van der Waals surface area contributed by atoms with Crippen molar-refractivity contribution in [2.75, 3.05) is 13.6 Å². The van der Waals surface area contributed by atoms with E-state index in [1.54, 1.807) is 19.2 Å². The van der Waals surface area contributed by atoms with Gasteiger partial charge < -0.3 is 15.0 Å². The molecule has 3 nitrogen and oxygen atoms in total. The monoisotopic (exact) mass is 334 g/mol. The van der Waals surface area contributed by atoms with E-state index in [1.807, 2.05) is 41.1 Å². The van der Waals surface area contributed by atoms with Crippen molar-refractivity contribution in [1.29, 1.82) is 0 Å². The molecule has 0 aliphatic rings. The van der Waals surface area contributed by atoms with Crippen molar-refractivity contribution in [3.05, 3.63) is 72.2 Å². The Balaban J connectivity index is 0.00000192. The Morgan fingerprint density at radius 2 is 1.78 bits per heavy atom.